The van der Waals surface area contributed by atoms with E-state index in [9.17, 15) is 18.5 Å². The zero-order chi connectivity index (χ0) is 20.1. The average Bonchev–Trinajstić information content (AvgIpc) is 3.23. The Bertz CT molecular complexity index is 908. The monoisotopic (exact) mass is 405 g/mol. The van der Waals surface area contributed by atoms with Crippen LogP contribution in [-0.2, 0) is 10.0 Å². The van der Waals surface area contributed by atoms with Crippen LogP contribution < -0.4 is 9.46 Å². The van der Waals surface area contributed by atoms with Crippen molar-refractivity contribution in [3.05, 3.63) is 64.2 Å². The molecule has 150 valence electrons. The molecule has 9 heteroatoms. The first-order valence-electron chi connectivity index (χ1n) is 9.03. The predicted octanol–water partition coefficient (Wildman–Crippen LogP) is 2.72. The van der Waals surface area contributed by atoms with E-state index >= 15 is 0 Å². The topological polar surface area (TPSA) is 102 Å². The normalized spacial score (nSPS) is 16.0. The predicted molar refractivity (Wildman–Crippen MR) is 105 cm³/mol. The summed E-state index contributed by atoms with van der Waals surface area (Å²) in [5.74, 6) is 0.746. The summed E-state index contributed by atoms with van der Waals surface area (Å²) in [5, 5.41) is 10.8. The molecule has 0 saturated carbocycles. The van der Waals surface area contributed by atoms with Crippen LogP contribution >= 0.6 is 0 Å². The van der Waals surface area contributed by atoms with Crippen LogP contribution in [-0.4, -0.2) is 45.0 Å². The standard InChI is InChI=1S/C19H23N3O5S/c1-27-17-8-4-15(5-9-17)19(21-12-2-3-13-21)14-20-28(25,26)18-10-6-16(7-11-18)22(23)24/h4-11,19-20H,2-3,12-14H2,1H3. The van der Waals surface area contributed by atoms with Crippen molar-refractivity contribution < 1.29 is 18.1 Å². The fraction of sp³-hybridized carbons (Fsp3) is 0.368. The third-order valence-corrected chi connectivity index (χ3v) is 6.35. The van der Waals surface area contributed by atoms with Gasteiger partial charge in [-0.1, -0.05) is 12.1 Å². The Labute approximate surface area is 164 Å². The first-order valence-corrected chi connectivity index (χ1v) is 10.5. The Balaban J connectivity index is 1.77. The number of likely N-dealkylation sites (tertiary alicyclic amines) is 1. The van der Waals surface area contributed by atoms with Gasteiger partial charge in [-0.15, -0.1) is 0 Å². The molecule has 8 nitrogen and oxygen atoms in total. The number of benzene rings is 2. The first kappa shape index (κ1) is 20.2. The van der Waals surface area contributed by atoms with Gasteiger partial charge in [-0.25, -0.2) is 13.1 Å². The Morgan fingerprint density at radius 2 is 1.71 bits per heavy atom. The summed E-state index contributed by atoms with van der Waals surface area (Å²) in [6, 6.07) is 12.4. The van der Waals surface area contributed by atoms with Crippen LogP contribution in [0.5, 0.6) is 5.75 Å². The van der Waals surface area contributed by atoms with Crippen LogP contribution in [0, 0.1) is 10.1 Å². The zero-order valence-corrected chi connectivity index (χ0v) is 16.4. The second-order valence-corrected chi connectivity index (χ2v) is 8.40. The molecule has 0 amide bonds. The summed E-state index contributed by atoms with van der Waals surface area (Å²) in [7, 11) is -2.17. The van der Waals surface area contributed by atoms with Gasteiger partial charge in [0.05, 0.1) is 16.9 Å². The molecule has 0 aliphatic carbocycles. The number of nitro groups is 1. The van der Waals surface area contributed by atoms with Gasteiger partial charge in [-0.05, 0) is 55.8 Å². The number of nitrogens with one attached hydrogen (secondary N) is 1. The van der Waals surface area contributed by atoms with Crippen LogP contribution in [0.2, 0.25) is 0 Å². The maximum Gasteiger partial charge on any atom is 0.269 e. The third-order valence-electron chi connectivity index (χ3n) is 4.91. The highest BCUT2D eigenvalue weighted by Gasteiger charge is 2.26. The molecular formula is C19H23N3O5S. The van der Waals surface area contributed by atoms with E-state index in [1.165, 1.54) is 24.3 Å². The number of methoxy groups -OCH3 is 1. The number of nitro benzene ring substituents is 1. The summed E-state index contributed by atoms with van der Waals surface area (Å²) in [4.78, 5) is 12.5. The summed E-state index contributed by atoms with van der Waals surface area (Å²) in [6.07, 6.45) is 2.17. The Morgan fingerprint density at radius 3 is 2.25 bits per heavy atom. The molecule has 2 aromatic rings. The van der Waals surface area contributed by atoms with Gasteiger partial charge >= 0.3 is 0 Å². The molecule has 0 aromatic heterocycles. The van der Waals surface area contributed by atoms with E-state index in [-0.39, 0.29) is 23.2 Å². The maximum atomic E-state index is 12.6. The van der Waals surface area contributed by atoms with Crippen molar-refractivity contribution in [3.63, 3.8) is 0 Å². The second-order valence-electron chi connectivity index (χ2n) is 6.63. The average molecular weight is 405 g/mol. The van der Waals surface area contributed by atoms with Crippen molar-refractivity contribution >= 4 is 15.7 Å². The summed E-state index contributed by atoms with van der Waals surface area (Å²) < 4.78 is 33.1. The van der Waals surface area contributed by atoms with Gasteiger partial charge in [0.25, 0.3) is 5.69 Å². The smallest absolute Gasteiger partial charge is 0.269 e. The molecular weight excluding hydrogens is 382 g/mol. The van der Waals surface area contributed by atoms with Crippen molar-refractivity contribution in [1.29, 1.82) is 0 Å². The van der Waals surface area contributed by atoms with E-state index in [0.29, 0.717) is 0 Å². The molecule has 1 aliphatic rings. The number of sulfonamides is 1. The lowest BCUT2D eigenvalue weighted by molar-refractivity contribution is -0.384. The molecule has 0 radical (unpaired) electrons. The van der Waals surface area contributed by atoms with Crippen molar-refractivity contribution in [3.8, 4) is 5.75 Å². The van der Waals surface area contributed by atoms with E-state index in [2.05, 4.69) is 9.62 Å². The lowest BCUT2D eigenvalue weighted by atomic mass is 10.1. The van der Waals surface area contributed by atoms with E-state index < -0.39 is 14.9 Å². The molecule has 1 aliphatic heterocycles. The highest BCUT2D eigenvalue weighted by atomic mass is 32.2. The fourth-order valence-electron chi connectivity index (χ4n) is 3.36. The van der Waals surface area contributed by atoms with Crippen molar-refractivity contribution in [2.45, 2.75) is 23.8 Å². The number of hydrogen-bond donors (Lipinski definition) is 1. The molecule has 1 atom stereocenters. The van der Waals surface area contributed by atoms with Crippen LogP contribution in [0.1, 0.15) is 24.4 Å². The molecule has 28 heavy (non-hydrogen) atoms. The van der Waals surface area contributed by atoms with Gasteiger partial charge in [0.2, 0.25) is 10.0 Å². The van der Waals surface area contributed by atoms with Crippen LogP contribution in [0.4, 0.5) is 5.69 Å². The molecule has 1 unspecified atom stereocenters. The minimum atomic E-state index is -3.77. The Morgan fingerprint density at radius 1 is 1.11 bits per heavy atom. The van der Waals surface area contributed by atoms with Crippen LogP contribution in [0.25, 0.3) is 0 Å². The first-order chi connectivity index (χ1) is 13.4. The lowest BCUT2D eigenvalue weighted by Crippen LogP contribution is -2.36. The zero-order valence-electron chi connectivity index (χ0n) is 15.6. The van der Waals surface area contributed by atoms with Gasteiger partial charge in [-0.3, -0.25) is 15.0 Å². The summed E-state index contributed by atoms with van der Waals surface area (Å²) in [6.45, 7) is 2.04. The Hall–Kier alpha value is -2.49. The molecule has 3 rings (SSSR count). The second kappa shape index (κ2) is 8.68. The van der Waals surface area contributed by atoms with E-state index in [4.69, 9.17) is 4.74 Å². The van der Waals surface area contributed by atoms with E-state index in [1.807, 2.05) is 24.3 Å². The minimum Gasteiger partial charge on any atom is -0.497 e. The van der Waals surface area contributed by atoms with Gasteiger partial charge < -0.3 is 4.74 Å². The fourth-order valence-corrected chi connectivity index (χ4v) is 4.39. The van der Waals surface area contributed by atoms with Gasteiger partial charge in [0.15, 0.2) is 0 Å². The number of hydrogen-bond acceptors (Lipinski definition) is 6. The largest absolute Gasteiger partial charge is 0.497 e. The SMILES string of the molecule is COc1ccc(C(CNS(=O)(=O)c2ccc([N+](=O)[O-])cc2)N2CCCC2)cc1. The number of rotatable bonds is 8. The van der Waals surface area contributed by atoms with E-state index in [1.54, 1.807) is 7.11 Å². The molecule has 1 N–H and O–H groups in total. The van der Waals surface area contributed by atoms with Gasteiger partial charge in [-0.2, -0.15) is 0 Å². The van der Waals surface area contributed by atoms with Gasteiger partial charge in [0, 0.05) is 24.7 Å². The molecule has 0 spiro atoms. The van der Waals surface area contributed by atoms with Crippen molar-refractivity contribution in [1.82, 2.24) is 9.62 Å². The molecule has 1 saturated heterocycles. The molecule has 0 bridgehead atoms. The summed E-state index contributed by atoms with van der Waals surface area (Å²) >= 11 is 0. The summed E-state index contributed by atoms with van der Waals surface area (Å²) in [5.41, 5.74) is 0.862. The number of non-ortho nitro benzene ring substituents is 1. The highest BCUT2D eigenvalue weighted by Crippen LogP contribution is 2.27. The highest BCUT2D eigenvalue weighted by molar-refractivity contribution is 7.89. The quantitative estimate of drug-likeness (QED) is 0.535. The van der Waals surface area contributed by atoms with Crippen LogP contribution in [0.15, 0.2) is 53.4 Å². The van der Waals surface area contributed by atoms with Crippen molar-refractivity contribution in [2.24, 2.45) is 0 Å². The molecule has 2 aromatic carbocycles. The number of ether oxygens (including phenoxy) is 1. The molecule has 1 heterocycles. The van der Waals surface area contributed by atoms with Crippen molar-refractivity contribution in [2.75, 3.05) is 26.7 Å². The number of nitrogens with zero attached hydrogens (tertiary/aromatic N) is 2. The third kappa shape index (κ3) is 4.67. The molecule has 1 fully saturated rings. The van der Waals surface area contributed by atoms with Crippen LogP contribution in [0.3, 0.4) is 0 Å². The minimum absolute atomic E-state index is 0.00741. The lowest BCUT2D eigenvalue weighted by Gasteiger charge is -2.28. The van der Waals surface area contributed by atoms with Gasteiger partial charge in [0.1, 0.15) is 5.75 Å². The van der Waals surface area contributed by atoms with E-state index in [0.717, 1.165) is 37.2 Å². The maximum absolute atomic E-state index is 12.6. The Kier molecular flexibility index (Phi) is 6.28.